The molecule has 2 saturated carbocycles. The molecule has 2 heterocycles. The van der Waals surface area contributed by atoms with Crippen molar-refractivity contribution in [3.63, 3.8) is 0 Å². The molecular formula is C45H49NO14S. The molecule has 2 unspecified atom stereocenters. The highest BCUT2D eigenvalue weighted by molar-refractivity contribution is 7.10. The maximum Gasteiger partial charge on any atom is 0.338 e. The van der Waals surface area contributed by atoms with E-state index in [1.54, 1.807) is 79.9 Å². The first-order chi connectivity index (χ1) is 28.8. The Labute approximate surface area is 356 Å². The number of aliphatic hydroxyl groups is 3. The van der Waals surface area contributed by atoms with Crippen LogP contribution in [0, 0.1) is 16.7 Å². The van der Waals surface area contributed by atoms with Gasteiger partial charge in [-0.1, -0.05) is 56.3 Å². The Kier molecular flexibility index (Phi) is 11.6. The first-order valence-electron chi connectivity index (χ1n) is 20.0. The quantitative estimate of drug-likeness (QED) is 0.130. The Morgan fingerprint density at radius 2 is 1.52 bits per heavy atom. The smallest absolute Gasteiger partial charge is 0.338 e. The lowest BCUT2D eigenvalue weighted by Crippen LogP contribution is -2.82. The summed E-state index contributed by atoms with van der Waals surface area (Å²) in [6, 6.07) is 18.0. The van der Waals surface area contributed by atoms with Crippen molar-refractivity contribution in [3.05, 3.63) is 105 Å². The summed E-state index contributed by atoms with van der Waals surface area (Å²) >= 11 is 1.18. The van der Waals surface area contributed by atoms with Crippen LogP contribution in [-0.2, 0) is 42.9 Å². The zero-order chi connectivity index (χ0) is 44.2. The molecule has 11 atom stereocenters. The molecule has 3 aromatic rings. The van der Waals surface area contributed by atoms with E-state index in [4.69, 9.17) is 23.7 Å². The fourth-order valence-corrected chi connectivity index (χ4v) is 10.8. The number of hydrogen-bond donors (Lipinski definition) is 4. The summed E-state index contributed by atoms with van der Waals surface area (Å²) in [6.07, 6.45) is -10.4. The summed E-state index contributed by atoms with van der Waals surface area (Å²) in [5.41, 5.74) is -7.33. The fourth-order valence-electron chi connectivity index (χ4n) is 9.95. The Morgan fingerprint density at radius 1 is 0.885 bits per heavy atom. The second-order valence-corrected chi connectivity index (χ2v) is 17.9. The Bertz CT molecular complexity index is 2240. The fraction of sp³-hybridized carbons (Fsp3) is 0.467. The molecule has 1 aliphatic heterocycles. The normalized spacial score (nSPS) is 32.2. The number of carbonyl (C=O) groups excluding carboxylic acids is 6. The average molecular weight is 860 g/mol. The number of carbonyl (C=O) groups is 6. The summed E-state index contributed by atoms with van der Waals surface area (Å²) in [7, 11) is 0. The summed E-state index contributed by atoms with van der Waals surface area (Å²) in [6.45, 7) is 7.99. The van der Waals surface area contributed by atoms with Gasteiger partial charge in [0.1, 0.15) is 30.0 Å². The molecule has 16 heteroatoms. The second-order valence-electron chi connectivity index (χ2n) is 17.0. The number of esters is 4. The molecule has 7 rings (SSSR count). The van der Waals surface area contributed by atoms with Crippen molar-refractivity contribution < 1.29 is 67.8 Å². The van der Waals surface area contributed by atoms with E-state index < -0.39 is 113 Å². The third-order valence-corrected chi connectivity index (χ3v) is 14.1. The van der Waals surface area contributed by atoms with Crippen molar-refractivity contribution >= 4 is 46.9 Å². The van der Waals surface area contributed by atoms with Crippen molar-refractivity contribution in [1.29, 1.82) is 0 Å². The molecule has 3 fully saturated rings. The van der Waals surface area contributed by atoms with Crippen LogP contribution < -0.4 is 5.32 Å². The van der Waals surface area contributed by atoms with E-state index >= 15 is 4.79 Å². The minimum absolute atomic E-state index is 0.00193. The number of rotatable bonds is 10. The van der Waals surface area contributed by atoms with E-state index in [1.807, 2.05) is 0 Å². The molecule has 4 aliphatic rings. The first kappa shape index (κ1) is 43.8. The van der Waals surface area contributed by atoms with Gasteiger partial charge < -0.3 is 44.3 Å². The van der Waals surface area contributed by atoms with E-state index in [2.05, 4.69) is 5.32 Å². The summed E-state index contributed by atoms with van der Waals surface area (Å²) < 4.78 is 30.2. The minimum Gasteiger partial charge on any atom is -0.456 e. The van der Waals surface area contributed by atoms with Crippen LogP contribution in [0.1, 0.15) is 86.0 Å². The van der Waals surface area contributed by atoms with Crippen LogP contribution in [0.15, 0.2) is 89.3 Å². The molecule has 2 aromatic carbocycles. The first-order valence-corrected chi connectivity index (χ1v) is 20.8. The largest absolute Gasteiger partial charge is 0.456 e. The van der Waals surface area contributed by atoms with Crippen molar-refractivity contribution in [2.24, 2.45) is 16.7 Å². The molecule has 324 valence electrons. The number of aliphatic hydroxyl groups excluding tert-OH is 2. The third-order valence-electron chi connectivity index (χ3n) is 13.2. The summed E-state index contributed by atoms with van der Waals surface area (Å²) in [5.74, 6) is -6.80. The molecule has 1 amide bonds. The molecule has 4 N–H and O–H groups in total. The lowest BCUT2D eigenvalue weighted by atomic mass is 9.44. The number of Topliss-reactive ketones (excluding diaryl/α,β-unsaturated/α-hetero) is 1. The van der Waals surface area contributed by atoms with Gasteiger partial charge in [-0.05, 0) is 60.7 Å². The van der Waals surface area contributed by atoms with Gasteiger partial charge in [0.25, 0.3) is 5.91 Å². The predicted octanol–water partition coefficient (Wildman–Crippen LogP) is 3.80. The van der Waals surface area contributed by atoms with Crippen molar-refractivity contribution in [2.75, 3.05) is 6.61 Å². The number of nitrogens with one attached hydrogen (secondary N) is 1. The van der Waals surface area contributed by atoms with E-state index in [0.717, 1.165) is 13.8 Å². The number of amides is 1. The highest BCUT2D eigenvalue weighted by Gasteiger charge is 2.78. The monoisotopic (exact) mass is 859 g/mol. The van der Waals surface area contributed by atoms with E-state index in [-0.39, 0.29) is 35.3 Å². The Morgan fingerprint density at radius 3 is 2.08 bits per heavy atom. The van der Waals surface area contributed by atoms with Gasteiger partial charge in [-0.2, -0.15) is 0 Å². The number of benzene rings is 2. The SMILES string of the molecule is CC(=O)O[C@H]1C(=O)[C@@]2(C)C(C(OC(=O)c3ccccc3)[C@]3(O)C[C@H](OC(=O)[C@H](O)[C@@H](NC(=O)c4ccccc4)c4cccs4)C(C)=C1C3(C)C)[C@]1(OC(C)=O)CO[C@@H]1C[C@@H]2O. The number of ether oxygens (including phenoxy) is 5. The van der Waals surface area contributed by atoms with Gasteiger partial charge in [-0.3, -0.25) is 19.2 Å². The average Bonchev–Trinajstić information content (AvgIpc) is 3.76. The maximum absolute atomic E-state index is 15.5. The van der Waals surface area contributed by atoms with Gasteiger partial charge in [-0.25, -0.2) is 9.59 Å². The highest BCUT2D eigenvalue weighted by atomic mass is 32.1. The van der Waals surface area contributed by atoms with Crippen molar-refractivity contribution in [3.8, 4) is 0 Å². The lowest BCUT2D eigenvalue weighted by molar-refractivity contribution is -0.346. The zero-order valence-electron chi connectivity index (χ0n) is 34.5. The molecule has 3 aliphatic carbocycles. The number of ketones is 1. The van der Waals surface area contributed by atoms with Crippen LogP contribution in [0.2, 0.25) is 0 Å². The molecular weight excluding hydrogens is 811 g/mol. The van der Waals surface area contributed by atoms with E-state index in [9.17, 15) is 39.3 Å². The van der Waals surface area contributed by atoms with Crippen molar-refractivity contribution in [2.45, 2.75) is 108 Å². The van der Waals surface area contributed by atoms with Gasteiger partial charge in [0.15, 0.2) is 23.6 Å². The van der Waals surface area contributed by atoms with E-state index in [1.165, 1.54) is 37.3 Å². The topological polar surface area (TPSA) is 221 Å². The van der Waals surface area contributed by atoms with Gasteiger partial charge in [0.05, 0.1) is 29.6 Å². The van der Waals surface area contributed by atoms with Crippen LogP contribution in [0.5, 0.6) is 0 Å². The lowest BCUT2D eigenvalue weighted by Gasteiger charge is -2.67. The molecule has 0 radical (unpaired) electrons. The number of thiophene rings is 1. The van der Waals surface area contributed by atoms with Crippen LogP contribution in [-0.4, -0.2) is 105 Å². The standard InChI is InChI=1S/C45H49NO14S/c1-23-28(58-41(54)34(50)33(29-18-13-19-61-29)46-39(52)26-14-9-7-10-15-26)21-45(55)38(59-40(53)27-16-11-8-12-17-27)36-43(6,30(49)20-31-44(36,22-56-31)60-25(3)48)37(51)35(57-24(2)47)32(23)42(45,4)5/h7-19,28,30-31,33-36,38,49-50,55H,20-22H2,1-6H3,(H,46,52)/t28-,30-,31+,33-,34+,35+,36?,38?,43+,44-,45+/m0/s1. The van der Waals surface area contributed by atoms with Gasteiger partial charge in [0, 0.05) is 42.5 Å². The summed E-state index contributed by atoms with van der Waals surface area (Å²) in [4.78, 5) is 83.6. The predicted molar refractivity (Wildman–Crippen MR) is 216 cm³/mol. The molecule has 2 bridgehead atoms. The Balaban J connectivity index is 1.38. The second kappa shape index (κ2) is 16.2. The molecule has 61 heavy (non-hydrogen) atoms. The molecule has 15 nitrogen and oxygen atoms in total. The van der Waals surface area contributed by atoms with Crippen molar-refractivity contribution in [1.82, 2.24) is 5.32 Å². The zero-order valence-corrected chi connectivity index (χ0v) is 35.3. The van der Waals surface area contributed by atoms with Crippen LogP contribution >= 0.6 is 11.3 Å². The minimum atomic E-state index is -2.38. The van der Waals surface area contributed by atoms with Gasteiger partial charge >= 0.3 is 23.9 Å². The summed E-state index contributed by atoms with van der Waals surface area (Å²) in [5, 5.41) is 41.8. The van der Waals surface area contributed by atoms with Gasteiger partial charge in [0.2, 0.25) is 0 Å². The number of hydrogen-bond acceptors (Lipinski definition) is 15. The maximum atomic E-state index is 15.5. The highest BCUT2D eigenvalue weighted by Crippen LogP contribution is 2.64. The molecule has 1 aromatic heterocycles. The van der Waals surface area contributed by atoms with Crippen LogP contribution in [0.4, 0.5) is 0 Å². The van der Waals surface area contributed by atoms with Crippen LogP contribution in [0.3, 0.4) is 0 Å². The third kappa shape index (κ3) is 7.27. The Hall–Kier alpha value is -5.26. The molecule has 0 spiro atoms. The van der Waals surface area contributed by atoms with Crippen LogP contribution in [0.25, 0.3) is 0 Å². The molecule has 1 saturated heterocycles. The number of fused-ring (bicyclic) bond motifs is 5. The van der Waals surface area contributed by atoms with Gasteiger partial charge in [-0.15, -0.1) is 11.3 Å². The van der Waals surface area contributed by atoms with E-state index in [0.29, 0.717) is 4.88 Å².